The van der Waals surface area contributed by atoms with Gasteiger partial charge in [-0.25, -0.2) is 0 Å². The molecule has 2 unspecified atom stereocenters. The summed E-state index contributed by atoms with van der Waals surface area (Å²) in [6, 6.07) is 0. The third-order valence-corrected chi connectivity index (χ3v) is 3.18. The van der Waals surface area contributed by atoms with Crippen LogP contribution in [0.3, 0.4) is 0 Å². The van der Waals surface area contributed by atoms with E-state index in [0.29, 0.717) is 18.1 Å². The summed E-state index contributed by atoms with van der Waals surface area (Å²) in [5.74, 6) is 1.71. The molecule has 0 fully saturated rings. The third-order valence-electron chi connectivity index (χ3n) is 3.18. The minimum atomic E-state index is 0.323. The third kappa shape index (κ3) is 2.83. The Morgan fingerprint density at radius 3 is 2.86 bits per heavy atom. The van der Waals surface area contributed by atoms with Gasteiger partial charge in [-0.2, -0.15) is 0 Å². The normalized spacial score (nSPS) is 26.9. The molecule has 0 amide bonds. The second-order valence-electron chi connectivity index (χ2n) is 4.37. The van der Waals surface area contributed by atoms with Crippen LogP contribution in [0.25, 0.3) is 0 Å². The molecule has 0 aromatic rings. The summed E-state index contributed by atoms with van der Waals surface area (Å²) in [6.07, 6.45) is 7.42. The Balaban J connectivity index is 2.52. The molecule has 1 nitrogen and oxygen atoms in total. The maximum Gasteiger partial charge on any atom is 0.158 e. The van der Waals surface area contributed by atoms with E-state index in [4.69, 9.17) is 0 Å². The molecule has 0 bridgehead atoms. The van der Waals surface area contributed by atoms with E-state index >= 15 is 0 Å². The Kier molecular flexibility index (Phi) is 4.12. The van der Waals surface area contributed by atoms with Gasteiger partial charge in [0.2, 0.25) is 0 Å². The van der Waals surface area contributed by atoms with Crippen LogP contribution in [-0.2, 0) is 4.79 Å². The van der Waals surface area contributed by atoms with Crippen molar-refractivity contribution in [1.82, 2.24) is 0 Å². The van der Waals surface area contributed by atoms with Crippen molar-refractivity contribution in [2.24, 2.45) is 11.8 Å². The molecular formula is C13H20O. The van der Waals surface area contributed by atoms with Crippen LogP contribution in [0.4, 0.5) is 0 Å². The van der Waals surface area contributed by atoms with E-state index in [0.717, 1.165) is 30.8 Å². The highest BCUT2D eigenvalue weighted by molar-refractivity contribution is 5.95. The first kappa shape index (κ1) is 11.2. The first-order valence-corrected chi connectivity index (χ1v) is 5.48. The van der Waals surface area contributed by atoms with Crippen LogP contribution in [0.5, 0.6) is 0 Å². The number of carbonyl (C=O) groups is 1. The monoisotopic (exact) mass is 192 g/mol. The largest absolute Gasteiger partial charge is 0.295 e. The molecule has 0 saturated heterocycles. The number of hydrogen-bond acceptors (Lipinski definition) is 1. The van der Waals surface area contributed by atoms with E-state index in [1.54, 1.807) is 0 Å². The number of hydrogen-bond donors (Lipinski definition) is 0. The standard InChI is InChI=1S/C13H20O/c1-4-5-6-13(14)12-8-7-10(2)11(3)9-12/h4,8,10-11H,1,5-7,9H2,2-3H3. The molecule has 0 saturated carbocycles. The van der Waals surface area contributed by atoms with Gasteiger partial charge in [-0.3, -0.25) is 4.79 Å². The zero-order valence-corrected chi connectivity index (χ0v) is 9.25. The molecule has 14 heavy (non-hydrogen) atoms. The predicted molar refractivity (Wildman–Crippen MR) is 60.1 cm³/mol. The summed E-state index contributed by atoms with van der Waals surface area (Å²) >= 11 is 0. The number of rotatable bonds is 4. The summed E-state index contributed by atoms with van der Waals surface area (Å²) in [6.45, 7) is 8.12. The average molecular weight is 192 g/mol. The topological polar surface area (TPSA) is 17.1 Å². The van der Waals surface area contributed by atoms with E-state index in [1.807, 2.05) is 6.08 Å². The van der Waals surface area contributed by atoms with Gasteiger partial charge in [-0.15, -0.1) is 6.58 Å². The van der Waals surface area contributed by atoms with Gasteiger partial charge >= 0.3 is 0 Å². The Morgan fingerprint density at radius 2 is 2.29 bits per heavy atom. The van der Waals surface area contributed by atoms with Crippen molar-refractivity contribution >= 4 is 5.78 Å². The molecule has 0 aromatic heterocycles. The molecule has 0 spiro atoms. The highest BCUT2D eigenvalue weighted by Crippen LogP contribution is 2.29. The minimum Gasteiger partial charge on any atom is -0.295 e. The van der Waals surface area contributed by atoms with Crippen LogP contribution >= 0.6 is 0 Å². The lowest BCUT2D eigenvalue weighted by molar-refractivity contribution is -0.115. The zero-order valence-electron chi connectivity index (χ0n) is 9.25. The summed E-state index contributed by atoms with van der Waals surface area (Å²) in [5.41, 5.74) is 1.05. The minimum absolute atomic E-state index is 0.323. The van der Waals surface area contributed by atoms with Crippen molar-refractivity contribution in [3.63, 3.8) is 0 Å². The van der Waals surface area contributed by atoms with Crippen molar-refractivity contribution in [1.29, 1.82) is 0 Å². The summed E-state index contributed by atoms with van der Waals surface area (Å²) in [7, 11) is 0. The van der Waals surface area contributed by atoms with E-state index in [1.165, 1.54) is 0 Å². The van der Waals surface area contributed by atoms with Gasteiger partial charge in [0.05, 0.1) is 0 Å². The smallest absolute Gasteiger partial charge is 0.158 e. The fraction of sp³-hybridized carbons (Fsp3) is 0.615. The van der Waals surface area contributed by atoms with Gasteiger partial charge in [0.1, 0.15) is 0 Å². The average Bonchev–Trinajstić information content (AvgIpc) is 2.18. The molecule has 2 atom stereocenters. The Bertz CT molecular complexity index is 250. The maximum absolute atomic E-state index is 11.7. The summed E-state index contributed by atoms with van der Waals surface area (Å²) in [4.78, 5) is 11.7. The molecule has 0 aromatic carbocycles. The summed E-state index contributed by atoms with van der Waals surface area (Å²) in [5, 5.41) is 0. The highest BCUT2D eigenvalue weighted by atomic mass is 16.1. The molecule has 0 N–H and O–H groups in total. The van der Waals surface area contributed by atoms with E-state index in [2.05, 4.69) is 26.5 Å². The molecule has 1 rings (SSSR count). The molecule has 0 heterocycles. The number of ketones is 1. The predicted octanol–water partition coefficient (Wildman–Crippen LogP) is 3.51. The first-order valence-electron chi connectivity index (χ1n) is 5.48. The number of carbonyl (C=O) groups excluding carboxylic acids is 1. The molecule has 0 aliphatic heterocycles. The Hall–Kier alpha value is -0.850. The molecular weight excluding hydrogens is 172 g/mol. The number of Topliss-reactive ketones (excluding diaryl/α,β-unsaturated/α-hetero) is 1. The van der Waals surface area contributed by atoms with Crippen LogP contribution in [0.2, 0.25) is 0 Å². The number of allylic oxidation sites excluding steroid dienone is 3. The molecule has 1 aliphatic rings. The lowest BCUT2D eigenvalue weighted by atomic mass is 9.80. The zero-order chi connectivity index (χ0) is 10.6. The highest BCUT2D eigenvalue weighted by Gasteiger charge is 2.21. The molecule has 1 heteroatoms. The van der Waals surface area contributed by atoms with Gasteiger partial charge in [-0.05, 0) is 36.7 Å². The van der Waals surface area contributed by atoms with Crippen LogP contribution in [0.15, 0.2) is 24.3 Å². The molecule has 0 radical (unpaired) electrons. The quantitative estimate of drug-likeness (QED) is 0.623. The fourth-order valence-corrected chi connectivity index (χ4v) is 1.81. The SMILES string of the molecule is C=CCCC(=O)C1=CCC(C)C(C)C1. The van der Waals surface area contributed by atoms with Crippen LogP contribution in [0.1, 0.15) is 39.5 Å². The Labute approximate surface area is 86.9 Å². The van der Waals surface area contributed by atoms with Crippen molar-refractivity contribution in [2.45, 2.75) is 39.5 Å². The maximum atomic E-state index is 11.7. The molecule has 78 valence electrons. The van der Waals surface area contributed by atoms with Crippen molar-refractivity contribution in [2.75, 3.05) is 0 Å². The van der Waals surface area contributed by atoms with Gasteiger partial charge in [0, 0.05) is 6.42 Å². The lowest BCUT2D eigenvalue weighted by Gasteiger charge is -2.24. The van der Waals surface area contributed by atoms with Crippen LogP contribution < -0.4 is 0 Å². The van der Waals surface area contributed by atoms with E-state index in [-0.39, 0.29) is 0 Å². The van der Waals surface area contributed by atoms with Crippen LogP contribution in [0, 0.1) is 11.8 Å². The van der Waals surface area contributed by atoms with Gasteiger partial charge in [0.15, 0.2) is 5.78 Å². The van der Waals surface area contributed by atoms with E-state index < -0.39 is 0 Å². The van der Waals surface area contributed by atoms with Crippen molar-refractivity contribution in [3.8, 4) is 0 Å². The van der Waals surface area contributed by atoms with Crippen LogP contribution in [-0.4, -0.2) is 5.78 Å². The fourth-order valence-electron chi connectivity index (χ4n) is 1.81. The van der Waals surface area contributed by atoms with Crippen molar-refractivity contribution < 1.29 is 4.79 Å². The van der Waals surface area contributed by atoms with Crippen molar-refractivity contribution in [3.05, 3.63) is 24.3 Å². The lowest BCUT2D eigenvalue weighted by Crippen LogP contribution is -2.17. The second kappa shape index (κ2) is 5.14. The van der Waals surface area contributed by atoms with Gasteiger partial charge in [0.25, 0.3) is 0 Å². The summed E-state index contributed by atoms with van der Waals surface area (Å²) < 4.78 is 0. The van der Waals surface area contributed by atoms with Gasteiger partial charge in [-0.1, -0.05) is 26.0 Å². The first-order chi connectivity index (χ1) is 6.65. The molecule has 1 aliphatic carbocycles. The second-order valence-corrected chi connectivity index (χ2v) is 4.37. The Morgan fingerprint density at radius 1 is 1.57 bits per heavy atom. The van der Waals surface area contributed by atoms with E-state index in [9.17, 15) is 4.79 Å². The van der Waals surface area contributed by atoms with Gasteiger partial charge < -0.3 is 0 Å².